The van der Waals surface area contributed by atoms with E-state index in [1.807, 2.05) is 53.2 Å². The van der Waals surface area contributed by atoms with Gasteiger partial charge in [0.25, 0.3) is 0 Å². The van der Waals surface area contributed by atoms with Gasteiger partial charge in [0.2, 0.25) is 5.91 Å². The lowest BCUT2D eigenvalue weighted by atomic mass is 10.1. The van der Waals surface area contributed by atoms with Gasteiger partial charge in [-0.2, -0.15) is 0 Å². The van der Waals surface area contributed by atoms with Crippen LogP contribution >= 0.6 is 11.3 Å². The Hall–Kier alpha value is -3.18. The van der Waals surface area contributed by atoms with E-state index in [1.54, 1.807) is 11.3 Å². The van der Waals surface area contributed by atoms with Crippen LogP contribution in [0.3, 0.4) is 0 Å². The molecule has 0 atom stereocenters. The molecule has 4 aromatic rings. The molecule has 4 rings (SSSR count). The number of rotatable bonds is 6. The summed E-state index contributed by atoms with van der Waals surface area (Å²) >= 11 is 1.59. The molecule has 2 aromatic carbocycles. The third-order valence-corrected chi connectivity index (χ3v) is 5.41. The lowest BCUT2D eigenvalue weighted by Crippen LogP contribution is -2.27. The summed E-state index contributed by atoms with van der Waals surface area (Å²) in [6.07, 6.45) is 1.92. The van der Waals surface area contributed by atoms with E-state index in [-0.39, 0.29) is 12.5 Å². The van der Waals surface area contributed by atoms with E-state index in [9.17, 15) is 4.79 Å². The SMILES string of the molecule is Cc1ccc(-c2csc(-c3cccn3CC(=O)NCc3ccccc3)n2)cc1. The van der Waals surface area contributed by atoms with Crippen molar-refractivity contribution < 1.29 is 4.79 Å². The maximum Gasteiger partial charge on any atom is 0.240 e. The molecule has 1 amide bonds. The standard InChI is InChI=1S/C23H21N3OS/c1-17-9-11-19(12-10-17)20-16-28-23(25-20)21-8-5-13-26(21)15-22(27)24-14-18-6-3-2-4-7-18/h2-13,16H,14-15H2,1H3,(H,24,27). The van der Waals surface area contributed by atoms with Crippen molar-refractivity contribution in [3.8, 4) is 22.0 Å². The van der Waals surface area contributed by atoms with Crippen LogP contribution in [0.1, 0.15) is 11.1 Å². The monoisotopic (exact) mass is 387 g/mol. The molecule has 2 heterocycles. The van der Waals surface area contributed by atoms with Gasteiger partial charge in [-0.25, -0.2) is 4.98 Å². The first-order chi connectivity index (χ1) is 13.7. The van der Waals surface area contributed by atoms with Crippen LogP contribution in [-0.4, -0.2) is 15.5 Å². The normalized spacial score (nSPS) is 10.8. The van der Waals surface area contributed by atoms with E-state index >= 15 is 0 Å². The highest BCUT2D eigenvalue weighted by atomic mass is 32.1. The van der Waals surface area contributed by atoms with Crippen molar-refractivity contribution in [2.45, 2.75) is 20.0 Å². The highest BCUT2D eigenvalue weighted by molar-refractivity contribution is 7.13. The van der Waals surface area contributed by atoms with E-state index < -0.39 is 0 Å². The Kier molecular flexibility index (Phi) is 5.35. The number of aromatic nitrogens is 2. The van der Waals surface area contributed by atoms with Gasteiger partial charge in [0.05, 0.1) is 11.4 Å². The predicted octanol–water partition coefficient (Wildman–Crippen LogP) is 4.90. The second-order valence-electron chi connectivity index (χ2n) is 6.69. The second-order valence-corrected chi connectivity index (χ2v) is 7.55. The summed E-state index contributed by atoms with van der Waals surface area (Å²) in [5.41, 5.74) is 5.34. The molecule has 0 aliphatic carbocycles. The van der Waals surface area contributed by atoms with Gasteiger partial charge < -0.3 is 9.88 Å². The van der Waals surface area contributed by atoms with Crippen LogP contribution in [0.2, 0.25) is 0 Å². The molecule has 0 aliphatic rings. The van der Waals surface area contributed by atoms with Gasteiger partial charge in [0.1, 0.15) is 11.6 Å². The molecule has 0 saturated heterocycles. The zero-order chi connectivity index (χ0) is 19.3. The first-order valence-electron chi connectivity index (χ1n) is 9.18. The highest BCUT2D eigenvalue weighted by Gasteiger charge is 2.12. The molecule has 2 aromatic heterocycles. The van der Waals surface area contributed by atoms with Crippen LogP contribution in [0, 0.1) is 6.92 Å². The number of carbonyl (C=O) groups is 1. The van der Waals surface area contributed by atoms with Gasteiger partial charge in [-0.05, 0) is 24.6 Å². The quantitative estimate of drug-likeness (QED) is 0.511. The van der Waals surface area contributed by atoms with Crippen molar-refractivity contribution in [3.63, 3.8) is 0 Å². The summed E-state index contributed by atoms with van der Waals surface area (Å²) in [5, 5.41) is 5.95. The van der Waals surface area contributed by atoms with E-state index in [0.29, 0.717) is 6.54 Å². The number of nitrogens with zero attached hydrogens (tertiary/aromatic N) is 2. The molecule has 0 unspecified atom stereocenters. The number of nitrogens with one attached hydrogen (secondary N) is 1. The molecule has 28 heavy (non-hydrogen) atoms. The Morgan fingerprint density at radius 1 is 1.04 bits per heavy atom. The minimum atomic E-state index is -0.0170. The summed E-state index contributed by atoms with van der Waals surface area (Å²) in [6.45, 7) is 2.88. The Bertz CT molecular complexity index is 1060. The zero-order valence-electron chi connectivity index (χ0n) is 15.6. The molecule has 0 radical (unpaired) electrons. The second kappa shape index (κ2) is 8.23. The fourth-order valence-electron chi connectivity index (χ4n) is 3.00. The molecular formula is C23H21N3OS. The summed E-state index contributed by atoms with van der Waals surface area (Å²) in [4.78, 5) is 17.2. The topological polar surface area (TPSA) is 46.9 Å². The van der Waals surface area contributed by atoms with Gasteiger partial charge in [-0.1, -0.05) is 60.2 Å². The molecule has 1 N–H and O–H groups in total. The van der Waals surface area contributed by atoms with Crippen LogP contribution < -0.4 is 5.32 Å². The number of amides is 1. The molecular weight excluding hydrogens is 366 g/mol. The largest absolute Gasteiger partial charge is 0.350 e. The third kappa shape index (κ3) is 4.21. The summed E-state index contributed by atoms with van der Waals surface area (Å²) in [5.74, 6) is -0.0170. The molecule has 0 fully saturated rings. The van der Waals surface area contributed by atoms with Crippen LogP contribution in [-0.2, 0) is 17.9 Å². The fraction of sp³-hybridized carbons (Fsp3) is 0.130. The van der Waals surface area contributed by atoms with Crippen LogP contribution in [0.25, 0.3) is 22.0 Å². The van der Waals surface area contributed by atoms with E-state index in [0.717, 1.165) is 27.5 Å². The average molecular weight is 388 g/mol. The van der Waals surface area contributed by atoms with Gasteiger partial charge >= 0.3 is 0 Å². The maximum absolute atomic E-state index is 12.4. The molecule has 0 aliphatic heterocycles. The summed E-state index contributed by atoms with van der Waals surface area (Å²) in [7, 11) is 0. The fourth-order valence-corrected chi connectivity index (χ4v) is 3.87. The summed E-state index contributed by atoms with van der Waals surface area (Å²) in [6, 6.07) is 22.2. The minimum Gasteiger partial charge on any atom is -0.350 e. The maximum atomic E-state index is 12.4. The molecule has 5 heteroatoms. The number of carbonyl (C=O) groups excluding carboxylic acids is 1. The number of hydrogen-bond donors (Lipinski definition) is 1. The molecule has 4 nitrogen and oxygen atoms in total. The number of benzene rings is 2. The van der Waals surface area contributed by atoms with Crippen molar-refractivity contribution in [1.82, 2.24) is 14.9 Å². The van der Waals surface area contributed by atoms with Gasteiger partial charge in [0, 0.05) is 23.7 Å². The summed E-state index contributed by atoms with van der Waals surface area (Å²) < 4.78 is 1.94. The van der Waals surface area contributed by atoms with E-state index in [2.05, 4.69) is 41.9 Å². The molecule has 140 valence electrons. The van der Waals surface area contributed by atoms with Crippen molar-refractivity contribution >= 4 is 17.2 Å². The Labute approximate surface area is 168 Å². The third-order valence-electron chi connectivity index (χ3n) is 4.55. The van der Waals surface area contributed by atoms with Crippen LogP contribution in [0.4, 0.5) is 0 Å². The lowest BCUT2D eigenvalue weighted by Gasteiger charge is -2.09. The predicted molar refractivity (Wildman–Crippen MR) is 114 cm³/mol. The Morgan fingerprint density at radius 2 is 1.82 bits per heavy atom. The van der Waals surface area contributed by atoms with Crippen molar-refractivity contribution in [1.29, 1.82) is 0 Å². The van der Waals surface area contributed by atoms with Crippen molar-refractivity contribution in [2.24, 2.45) is 0 Å². The van der Waals surface area contributed by atoms with Gasteiger partial charge in [-0.15, -0.1) is 11.3 Å². The minimum absolute atomic E-state index is 0.0170. The van der Waals surface area contributed by atoms with Crippen molar-refractivity contribution in [3.05, 3.63) is 89.4 Å². The number of thiazole rings is 1. The lowest BCUT2D eigenvalue weighted by molar-refractivity contribution is -0.121. The van der Waals surface area contributed by atoms with Crippen molar-refractivity contribution in [2.75, 3.05) is 0 Å². The molecule has 0 bridgehead atoms. The van der Waals surface area contributed by atoms with Gasteiger partial charge in [-0.3, -0.25) is 4.79 Å². The smallest absolute Gasteiger partial charge is 0.240 e. The van der Waals surface area contributed by atoms with E-state index in [1.165, 1.54) is 5.56 Å². The molecule has 0 spiro atoms. The average Bonchev–Trinajstić information content (AvgIpc) is 3.37. The Morgan fingerprint density at radius 3 is 2.61 bits per heavy atom. The Balaban J connectivity index is 1.45. The first-order valence-corrected chi connectivity index (χ1v) is 10.1. The van der Waals surface area contributed by atoms with Gasteiger partial charge in [0.15, 0.2) is 0 Å². The number of aryl methyl sites for hydroxylation is 1. The van der Waals surface area contributed by atoms with Crippen LogP contribution in [0.5, 0.6) is 0 Å². The molecule has 0 saturated carbocycles. The first kappa shape index (κ1) is 18.2. The highest BCUT2D eigenvalue weighted by Crippen LogP contribution is 2.29. The number of hydrogen-bond acceptors (Lipinski definition) is 3. The zero-order valence-corrected chi connectivity index (χ0v) is 16.4. The van der Waals surface area contributed by atoms with E-state index in [4.69, 9.17) is 4.98 Å². The van der Waals surface area contributed by atoms with Crippen LogP contribution in [0.15, 0.2) is 78.3 Å².